The molecule has 1 heterocycles. The molecule has 1 N–H and O–H groups in total. The first-order valence-electron chi connectivity index (χ1n) is 10.0. The lowest BCUT2D eigenvalue weighted by Gasteiger charge is -2.12. The number of hydrogen-bond donors (Lipinski definition) is 1. The Kier molecular flexibility index (Phi) is 5.94. The summed E-state index contributed by atoms with van der Waals surface area (Å²) in [5.41, 5.74) is 1.41. The molecule has 7 nitrogen and oxygen atoms in total. The van der Waals surface area contributed by atoms with Crippen LogP contribution >= 0.6 is 0 Å². The van der Waals surface area contributed by atoms with E-state index in [0.717, 1.165) is 31.2 Å². The summed E-state index contributed by atoms with van der Waals surface area (Å²) in [5, 5.41) is 6.43. The van der Waals surface area contributed by atoms with E-state index >= 15 is 0 Å². The number of sulfone groups is 1. The number of carbonyl (C=O) groups excluding carboxylic acids is 1. The van der Waals surface area contributed by atoms with Gasteiger partial charge in [-0.15, -0.1) is 0 Å². The van der Waals surface area contributed by atoms with Gasteiger partial charge in [-0.25, -0.2) is 8.42 Å². The van der Waals surface area contributed by atoms with Crippen LogP contribution in [0, 0.1) is 0 Å². The average molecular weight is 426 g/mol. The third kappa shape index (κ3) is 4.59. The largest absolute Gasteiger partial charge is 0.339 e. The van der Waals surface area contributed by atoms with Gasteiger partial charge in [0.1, 0.15) is 0 Å². The van der Waals surface area contributed by atoms with Crippen LogP contribution in [0.4, 0.5) is 5.69 Å². The van der Waals surface area contributed by atoms with E-state index in [2.05, 4.69) is 15.5 Å². The van der Waals surface area contributed by atoms with Crippen molar-refractivity contribution in [2.75, 3.05) is 5.32 Å². The highest BCUT2D eigenvalue weighted by Gasteiger charge is 2.30. The summed E-state index contributed by atoms with van der Waals surface area (Å²) in [6, 6.07) is 15.8. The lowest BCUT2D eigenvalue weighted by atomic mass is 10.2. The highest BCUT2D eigenvalue weighted by molar-refractivity contribution is 7.92. The van der Waals surface area contributed by atoms with Gasteiger partial charge in [0.25, 0.3) is 0 Å². The van der Waals surface area contributed by atoms with Crippen molar-refractivity contribution >= 4 is 21.4 Å². The topological polar surface area (TPSA) is 102 Å². The molecule has 0 saturated heterocycles. The number of nitrogens with zero attached hydrogens (tertiary/aromatic N) is 2. The van der Waals surface area contributed by atoms with E-state index in [9.17, 15) is 13.2 Å². The Hall–Kier alpha value is -3.00. The van der Waals surface area contributed by atoms with Crippen LogP contribution in [0.1, 0.15) is 38.0 Å². The number of aromatic nitrogens is 2. The van der Waals surface area contributed by atoms with Gasteiger partial charge in [0.05, 0.1) is 10.1 Å². The van der Waals surface area contributed by atoms with Gasteiger partial charge in [-0.2, -0.15) is 4.98 Å². The number of hydrogen-bond acceptors (Lipinski definition) is 6. The zero-order chi connectivity index (χ0) is 21.0. The molecule has 1 amide bonds. The number of anilines is 1. The average Bonchev–Trinajstić information content (AvgIpc) is 3.46. The number of amides is 1. The molecule has 1 fully saturated rings. The van der Waals surface area contributed by atoms with Gasteiger partial charge < -0.3 is 9.84 Å². The molecule has 4 rings (SSSR count). The fourth-order valence-corrected chi connectivity index (χ4v) is 5.48. The number of carbonyl (C=O) groups is 1. The fourth-order valence-electron chi connectivity index (χ4n) is 3.62. The maximum absolute atomic E-state index is 12.6. The van der Waals surface area contributed by atoms with Gasteiger partial charge in [-0.05, 0) is 37.1 Å². The lowest BCUT2D eigenvalue weighted by Crippen LogP contribution is -2.18. The zero-order valence-electron chi connectivity index (χ0n) is 16.5. The lowest BCUT2D eigenvalue weighted by molar-refractivity contribution is -0.116. The van der Waals surface area contributed by atoms with Crippen molar-refractivity contribution in [1.82, 2.24) is 10.1 Å². The summed E-state index contributed by atoms with van der Waals surface area (Å²) in [6.45, 7) is 0. The van der Waals surface area contributed by atoms with Crippen molar-refractivity contribution in [2.45, 2.75) is 48.7 Å². The molecule has 1 saturated carbocycles. The summed E-state index contributed by atoms with van der Waals surface area (Å²) in [5.74, 6) is 0.674. The summed E-state index contributed by atoms with van der Waals surface area (Å²) < 4.78 is 30.5. The van der Waals surface area contributed by atoms with E-state index in [1.165, 1.54) is 0 Å². The van der Waals surface area contributed by atoms with Crippen LogP contribution in [0.5, 0.6) is 0 Å². The van der Waals surface area contributed by atoms with Crippen molar-refractivity contribution in [3.8, 4) is 11.4 Å². The van der Waals surface area contributed by atoms with Crippen molar-refractivity contribution in [3.05, 3.63) is 60.5 Å². The normalized spacial score (nSPS) is 14.7. The van der Waals surface area contributed by atoms with Gasteiger partial charge in [-0.1, -0.05) is 48.3 Å². The molecule has 8 heteroatoms. The molecule has 1 aliphatic rings. The van der Waals surface area contributed by atoms with Crippen LogP contribution < -0.4 is 5.32 Å². The van der Waals surface area contributed by atoms with Crippen molar-refractivity contribution in [2.24, 2.45) is 0 Å². The smallest absolute Gasteiger partial charge is 0.227 e. The first kappa shape index (κ1) is 20.3. The number of aryl methyl sites for hydroxylation is 1. The molecule has 2 aromatic carbocycles. The second-order valence-corrected chi connectivity index (χ2v) is 9.63. The molecule has 0 bridgehead atoms. The quantitative estimate of drug-likeness (QED) is 0.613. The molecular weight excluding hydrogens is 402 g/mol. The molecule has 1 aromatic heterocycles. The molecular formula is C22H23N3O4S. The van der Waals surface area contributed by atoms with E-state index in [-0.39, 0.29) is 17.6 Å². The molecule has 0 spiro atoms. The molecule has 0 radical (unpaired) electrons. The van der Waals surface area contributed by atoms with E-state index in [1.807, 2.05) is 30.3 Å². The van der Waals surface area contributed by atoms with Gasteiger partial charge in [0, 0.05) is 24.1 Å². The molecule has 0 aliphatic heterocycles. The minimum absolute atomic E-state index is 0.179. The second kappa shape index (κ2) is 8.79. The Morgan fingerprint density at radius 3 is 2.43 bits per heavy atom. The molecule has 0 unspecified atom stereocenters. The first-order chi connectivity index (χ1) is 14.5. The van der Waals surface area contributed by atoms with Crippen molar-refractivity contribution < 1.29 is 17.7 Å². The van der Waals surface area contributed by atoms with Crippen LogP contribution in [0.2, 0.25) is 0 Å². The number of benzene rings is 2. The van der Waals surface area contributed by atoms with E-state index in [4.69, 9.17) is 4.52 Å². The Morgan fingerprint density at radius 2 is 1.73 bits per heavy atom. The first-order valence-corrected chi connectivity index (χ1v) is 11.6. The van der Waals surface area contributed by atoms with Crippen molar-refractivity contribution in [3.63, 3.8) is 0 Å². The Morgan fingerprint density at radius 1 is 1.03 bits per heavy atom. The number of nitrogens with one attached hydrogen (secondary N) is 1. The van der Waals surface area contributed by atoms with Crippen LogP contribution in [0.25, 0.3) is 11.4 Å². The van der Waals surface area contributed by atoms with Crippen LogP contribution in [0.3, 0.4) is 0 Å². The summed E-state index contributed by atoms with van der Waals surface area (Å²) in [4.78, 5) is 16.9. The highest BCUT2D eigenvalue weighted by Crippen LogP contribution is 2.30. The van der Waals surface area contributed by atoms with Gasteiger partial charge in [0.15, 0.2) is 9.84 Å². The maximum atomic E-state index is 12.6. The molecule has 1 aliphatic carbocycles. The molecule has 30 heavy (non-hydrogen) atoms. The van der Waals surface area contributed by atoms with Gasteiger partial charge in [0.2, 0.25) is 17.6 Å². The maximum Gasteiger partial charge on any atom is 0.227 e. The Labute approximate surface area is 175 Å². The summed E-state index contributed by atoms with van der Waals surface area (Å²) in [7, 11) is -3.29. The second-order valence-electron chi connectivity index (χ2n) is 7.40. The molecule has 3 aromatic rings. The molecule has 0 atom stereocenters. The standard InChI is InChI=1S/C22H23N3O4S/c26-20(14-15-21-24-22(25-29-21)16-6-2-1-3-7-16)23-17-10-12-19(13-11-17)30(27,28)18-8-4-5-9-18/h1-3,6-7,10-13,18H,4-5,8-9,14-15H2,(H,23,26). The SMILES string of the molecule is O=C(CCc1nc(-c2ccccc2)no1)Nc1ccc(S(=O)(=O)C2CCCC2)cc1. The minimum atomic E-state index is -3.29. The molecule has 156 valence electrons. The minimum Gasteiger partial charge on any atom is -0.339 e. The van der Waals surface area contributed by atoms with Crippen LogP contribution in [-0.2, 0) is 21.1 Å². The van der Waals surface area contributed by atoms with Gasteiger partial charge in [-0.3, -0.25) is 4.79 Å². The fraction of sp³-hybridized carbons (Fsp3) is 0.318. The zero-order valence-corrected chi connectivity index (χ0v) is 17.3. The van der Waals surface area contributed by atoms with E-state index in [1.54, 1.807) is 24.3 Å². The van der Waals surface area contributed by atoms with E-state index < -0.39 is 9.84 Å². The monoisotopic (exact) mass is 425 g/mol. The van der Waals surface area contributed by atoms with Crippen molar-refractivity contribution in [1.29, 1.82) is 0 Å². The Balaban J connectivity index is 1.32. The van der Waals surface area contributed by atoms with Crippen LogP contribution in [-0.4, -0.2) is 29.7 Å². The third-order valence-corrected chi connectivity index (χ3v) is 7.55. The predicted octanol–water partition coefficient (Wildman–Crippen LogP) is 4.02. The third-order valence-electron chi connectivity index (χ3n) is 5.27. The van der Waals surface area contributed by atoms with Crippen LogP contribution in [0.15, 0.2) is 64.0 Å². The summed E-state index contributed by atoms with van der Waals surface area (Å²) >= 11 is 0. The van der Waals surface area contributed by atoms with Gasteiger partial charge >= 0.3 is 0 Å². The predicted molar refractivity (Wildman–Crippen MR) is 113 cm³/mol. The highest BCUT2D eigenvalue weighted by atomic mass is 32.2. The van der Waals surface area contributed by atoms with E-state index in [0.29, 0.717) is 28.7 Å². The summed E-state index contributed by atoms with van der Waals surface area (Å²) in [6.07, 6.45) is 3.87. The number of rotatable bonds is 7. The Bertz CT molecular complexity index is 1100.